The third kappa shape index (κ3) is 4.82. The van der Waals surface area contributed by atoms with Crippen LogP contribution in [-0.4, -0.2) is 18.9 Å². The highest BCUT2D eigenvalue weighted by atomic mass is 79.9. The van der Waals surface area contributed by atoms with Crippen LogP contribution in [0.25, 0.3) is 0 Å². The second-order valence-corrected chi connectivity index (χ2v) is 6.07. The van der Waals surface area contributed by atoms with Crippen molar-refractivity contribution in [2.75, 3.05) is 7.05 Å². The number of rotatable bonds is 5. The lowest BCUT2D eigenvalue weighted by atomic mass is 10.0. The van der Waals surface area contributed by atoms with Gasteiger partial charge in [0.1, 0.15) is 11.9 Å². The molecule has 4 nitrogen and oxygen atoms in total. The molecule has 0 bridgehead atoms. The second kappa shape index (κ2) is 8.15. The molecule has 0 aliphatic rings. The predicted molar refractivity (Wildman–Crippen MR) is 89.1 cm³/mol. The van der Waals surface area contributed by atoms with E-state index in [0.717, 1.165) is 12.1 Å². The van der Waals surface area contributed by atoms with Crippen molar-refractivity contribution in [3.05, 3.63) is 69.4 Å². The molecule has 2 aromatic carbocycles. The van der Waals surface area contributed by atoms with Crippen LogP contribution in [0.4, 0.5) is 13.2 Å². The lowest BCUT2D eigenvalue weighted by molar-refractivity contribution is -0.128. The van der Waals surface area contributed by atoms with E-state index in [0.29, 0.717) is 5.56 Å². The van der Waals surface area contributed by atoms with E-state index in [2.05, 4.69) is 26.6 Å². The quantitative estimate of drug-likeness (QED) is 0.789. The predicted octanol–water partition coefficient (Wildman–Crippen LogP) is 3.01. The maximum atomic E-state index is 13.4. The molecule has 8 heteroatoms. The van der Waals surface area contributed by atoms with Crippen LogP contribution in [0, 0.1) is 17.5 Å². The molecule has 0 saturated carbocycles. The number of carbonyl (C=O) groups is 2. The van der Waals surface area contributed by atoms with Crippen LogP contribution in [0.5, 0.6) is 0 Å². The minimum absolute atomic E-state index is 0.104. The fraction of sp³-hybridized carbons (Fsp3) is 0.176. The van der Waals surface area contributed by atoms with Crippen molar-refractivity contribution in [3.8, 4) is 0 Å². The largest absolute Gasteiger partial charge is 0.357 e. The molecule has 0 spiro atoms. The number of hydrogen-bond donors (Lipinski definition) is 2. The van der Waals surface area contributed by atoms with Crippen molar-refractivity contribution in [2.24, 2.45) is 0 Å². The van der Waals surface area contributed by atoms with Crippen molar-refractivity contribution in [2.45, 2.75) is 12.5 Å². The van der Waals surface area contributed by atoms with Gasteiger partial charge in [0, 0.05) is 7.05 Å². The molecule has 0 radical (unpaired) electrons. The van der Waals surface area contributed by atoms with E-state index in [1.165, 1.54) is 31.3 Å². The van der Waals surface area contributed by atoms with Crippen molar-refractivity contribution < 1.29 is 22.8 Å². The smallest absolute Gasteiger partial charge is 0.246 e. The maximum absolute atomic E-state index is 13.4. The first kappa shape index (κ1) is 19.0. The van der Waals surface area contributed by atoms with Gasteiger partial charge in [-0.2, -0.15) is 0 Å². The molecule has 2 rings (SSSR count). The topological polar surface area (TPSA) is 58.2 Å². The minimum Gasteiger partial charge on any atom is -0.357 e. The number of amides is 2. The van der Waals surface area contributed by atoms with Crippen LogP contribution in [0.3, 0.4) is 0 Å². The first-order valence-corrected chi connectivity index (χ1v) is 8.01. The summed E-state index contributed by atoms with van der Waals surface area (Å²) < 4.78 is 39.9. The zero-order chi connectivity index (χ0) is 18.6. The summed E-state index contributed by atoms with van der Waals surface area (Å²) in [6.07, 6.45) is -0.115. The highest BCUT2D eigenvalue weighted by Gasteiger charge is 2.23. The van der Waals surface area contributed by atoms with Gasteiger partial charge in [-0.15, -0.1) is 0 Å². The number of halogens is 4. The van der Waals surface area contributed by atoms with Gasteiger partial charge in [0.15, 0.2) is 11.6 Å². The summed E-state index contributed by atoms with van der Waals surface area (Å²) in [6, 6.07) is 5.85. The minimum atomic E-state index is -1.18. The Kier molecular flexibility index (Phi) is 6.19. The van der Waals surface area contributed by atoms with Gasteiger partial charge < -0.3 is 10.6 Å². The SMILES string of the molecule is CNC(=O)C(NC(=O)Cc1ccc(F)c(Br)c1)c1ccc(F)c(F)c1. The highest BCUT2D eigenvalue weighted by molar-refractivity contribution is 9.10. The summed E-state index contributed by atoms with van der Waals surface area (Å²) >= 11 is 3.02. The van der Waals surface area contributed by atoms with Crippen molar-refractivity contribution in [3.63, 3.8) is 0 Å². The normalized spacial score (nSPS) is 11.7. The number of likely N-dealkylation sites (N-methyl/N-ethyl adjacent to an activating group) is 1. The van der Waals surface area contributed by atoms with Gasteiger partial charge in [-0.25, -0.2) is 13.2 Å². The third-order valence-electron chi connectivity index (χ3n) is 3.44. The van der Waals surface area contributed by atoms with Crippen LogP contribution in [0.2, 0.25) is 0 Å². The summed E-state index contributed by atoms with van der Waals surface area (Å²) in [6.45, 7) is 0. The zero-order valence-electron chi connectivity index (χ0n) is 13.1. The third-order valence-corrected chi connectivity index (χ3v) is 4.05. The molecule has 0 aliphatic heterocycles. The first-order chi connectivity index (χ1) is 11.8. The van der Waals surface area contributed by atoms with Gasteiger partial charge in [0.2, 0.25) is 11.8 Å². The molecule has 0 saturated heterocycles. The number of nitrogens with one attached hydrogen (secondary N) is 2. The Morgan fingerprint density at radius 1 is 1.04 bits per heavy atom. The standard InChI is InChI=1S/C17H14BrF3N2O2/c1-22-17(25)16(10-3-5-13(20)14(21)8-10)23-15(24)7-9-2-4-12(19)11(18)6-9/h2-6,8,16H,7H2,1H3,(H,22,25)(H,23,24). The van der Waals surface area contributed by atoms with E-state index in [-0.39, 0.29) is 16.5 Å². The Morgan fingerprint density at radius 2 is 1.72 bits per heavy atom. The Balaban J connectivity index is 2.18. The van der Waals surface area contributed by atoms with Crippen LogP contribution in [-0.2, 0) is 16.0 Å². The molecular formula is C17H14BrF3N2O2. The van der Waals surface area contributed by atoms with Crippen molar-refractivity contribution in [1.82, 2.24) is 10.6 Å². The Bertz CT molecular complexity index is 814. The summed E-state index contributed by atoms with van der Waals surface area (Å²) in [7, 11) is 1.36. The van der Waals surface area contributed by atoms with E-state index < -0.39 is 35.3 Å². The molecule has 0 aromatic heterocycles. The zero-order valence-corrected chi connectivity index (χ0v) is 14.7. The Hall–Kier alpha value is -2.35. The van der Waals surface area contributed by atoms with Crippen molar-refractivity contribution >= 4 is 27.7 Å². The molecule has 0 fully saturated rings. The Labute approximate surface area is 150 Å². The molecule has 25 heavy (non-hydrogen) atoms. The molecule has 1 unspecified atom stereocenters. The fourth-order valence-electron chi connectivity index (χ4n) is 2.18. The molecule has 2 amide bonds. The van der Waals surface area contributed by atoms with Crippen LogP contribution in [0.15, 0.2) is 40.9 Å². The van der Waals surface area contributed by atoms with Crippen molar-refractivity contribution in [1.29, 1.82) is 0 Å². The summed E-state index contributed by atoms with van der Waals surface area (Å²) in [5.74, 6) is -3.75. The van der Waals surface area contributed by atoms with Gasteiger partial charge in [-0.3, -0.25) is 9.59 Å². The lowest BCUT2D eigenvalue weighted by Gasteiger charge is -2.18. The van der Waals surface area contributed by atoms with E-state index in [4.69, 9.17) is 0 Å². The van der Waals surface area contributed by atoms with E-state index in [1.54, 1.807) is 0 Å². The average Bonchev–Trinajstić information content (AvgIpc) is 2.58. The molecule has 2 aromatic rings. The second-order valence-electron chi connectivity index (χ2n) is 5.21. The first-order valence-electron chi connectivity index (χ1n) is 7.21. The van der Waals surface area contributed by atoms with Crippen LogP contribution in [0.1, 0.15) is 17.2 Å². The lowest BCUT2D eigenvalue weighted by Crippen LogP contribution is -2.39. The number of benzene rings is 2. The van der Waals surface area contributed by atoms with Gasteiger partial charge in [0.25, 0.3) is 0 Å². The average molecular weight is 415 g/mol. The van der Waals surface area contributed by atoms with Gasteiger partial charge >= 0.3 is 0 Å². The molecule has 132 valence electrons. The summed E-state index contributed by atoms with van der Waals surface area (Å²) in [5.41, 5.74) is 0.624. The van der Waals surface area contributed by atoms with Gasteiger partial charge in [-0.1, -0.05) is 12.1 Å². The van der Waals surface area contributed by atoms with E-state index in [1.807, 2.05) is 0 Å². The van der Waals surface area contributed by atoms with E-state index >= 15 is 0 Å². The highest BCUT2D eigenvalue weighted by Crippen LogP contribution is 2.19. The number of hydrogen-bond acceptors (Lipinski definition) is 2. The molecule has 0 heterocycles. The molecule has 0 aliphatic carbocycles. The fourth-order valence-corrected chi connectivity index (χ4v) is 2.61. The monoisotopic (exact) mass is 414 g/mol. The van der Waals surface area contributed by atoms with Gasteiger partial charge in [0.05, 0.1) is 10.9 Å². The Morgan fingerprint density at radius 3 is 2.32 bits per heavy atom. The summed E-state index contributed by atoms with van der Waals surface area (Å²) in [4.78, 5) is 24.2. The van der Waals surface area contributed by atoms with Crippen LogP contribution >= 0.6 is 15.9 Å². The maximum Gasteiger partial charge on any atom is 0.246 e. The van der Waals surface area contributed by atoms with Gasteiger partial charge in [-0.05, 0) is 51.3 Å². The molecule has 2 N–H and O–H groups in total. The molecular weight excluding hydrogens is 401 g/mol. The molecule has 1 atom stereocenters. The summed E-state index contributed by atoms with van der Waals surface area (Å²) in [5, 5.41) is 4.82. The number of carbonyl (C=O) groups excluding carboxylic acids is 2. The van der Waals surface area contributed by atoms with Crippen LogP contribution < -0.4 is 10.6 Å². The van der Waals surface area contributed by atoms with E-state index in [9.17, 15) is 22.8 Å².